The predicted molar refractivity (Wildman–Crippen MR) is 73.4 cm³/mol. The Morgan fingerprint density at radius 1 is 1.68 bits per heavy atom. The van der Waals surface area contributed by atoms with Crippen molar-refractivity contribution < 1.29 is 9.53 Å². The van der Waals surface area contributed by atoms with Gasteiger partial charge < -0.3 is 15.0 Å². The van der Waals surface area contributed by atoms with Gasteiger partial charge in [-0.15, -0.1) is 0 Å². The molecule has 2 unspecified atom stereocenters. The lowest BCUT2D eigenvalue weighted by Gasteiger charge is -2.30. The smallest absolute Gasteiger partial charge is 0.325 e. The maximum absolute atomic E-state index is 11.6. The monoisotopic (exact) mass is 268 g/mol. The summed E-state index contributed by atoms with van der Waals surface area (Å²) in [6.07, 6.45) is 4.21. The number of nitrogens with zero attached hydrogens (tertiary/aromatic N) is 3. The van der Waals surface area contributed by atoms with Gasteiger partial charge in [0.05, 0.1) is 13.7 Å². The minimum absolute atomic E-state index is 0.144. The lowest BCUT2D eigenvalue weighted by Crippen LogP contribution is -2.50. The van der Waals surface area contributed by atoms with E-state index in [1.807, 2.05) is 31.8 Å². The Balaban J connectivity index is 2.60. The first-order chi connectivity index (χ1) is 8.77. The van der Waals surface area contributed by atoms with Crippen LogP contribution in [0.4, 0.5) is 0 Å². The molecule has 1 rings (SSSR count). The summed E-state index contributed by atoms with van der Waals surface area (Å²) in [4.78, 5) is 18.0. The first-order valence-electron chi connectivity index (χ1n) is 6.31. The number of nitrogens with two attached hydrogens (primary N) is 1. The van der Waals surface area contributed by atoms with Gasteiger partial charge in [-0.25, -0.2) is 4.98 Å². The predicted octanol–water partition coefficient (Wildman–Crippen LogP) is 0.521. The van der Waals surface area contributed by atoms with Crippen molar-refractivity contribution >= 4 is 5.97 Å². The number of esters is 1. The van der Waals surface area contributed by atoms with E-state index >= 15 is 0 Å². The molecule has 1 heterocycles. The van der Waals surface area contributed by atoms with Crippen LogP contribution in [0.2, 0.25) is 0 Å². The third-order valence-corrected chi connectivity index (χ3v) is 3.44. The van der Waals surface area contributed by atoms with Gasteiger partial charge in [-0.3, -0.25) is 9.69 Å². The zero-order valence-electron chi connectivity index (χ0n) is 12.4. The molecule has 0 aliphatic carbocycles. The molecule has 0 amide bonds. The topological polar surface area (TPSA) is 73.4 Å². The Labute approximate surface area is 114 Å². The van der Waals surface area contributed by atoms with Crippen molar-refractivity contribution in [2.75, 3.05) is 14.2 Å². The number of carbonyl (C=O) groups excluding carboxylic acids is 1. The lowest BCUT2D eigenvalue weighted by molar-refractivity contribution is -0.147. The zero-order valence-corrected chi connectivity index (χ0v) is 12.4. The van der Waals surface area contributed by atoms with Crippen molar-refractivity contribution in [2.45, 2.75) is 38.4 Å². The van der Waals surface area contributed by atoms with Crippen LogP contribution in [-0.2, 0) is 23.1 Å². The van der Waals surface area contributed by atoms with Crippen molar-refractivity contribution in [3.63, 3.8) is 0 Å². The van der Waals surface area contributed by atoms with Crippen LogP contribution in [0, 0.1) is 0 Å². The van der Waals surface area contributed by atoms with Crippen LogP contribution in [0.5, 0.6) is 0 Å². The van der Waals surface area contributed by atoms with E-state index in [1.54, 1.807) is 13.1 Å². The number of hydrogen-bond acceptors (Lipinski definition) is 5. The molecule has 0 aliphatic rings. The largest absolute Gasteiger partial charge is 0.468 e. The summed E-state index contributed by atoms with van der Waals surface area (Å²) in [6, 6.07) is 0.144. The molecule has 2 atom stereocenters. The zero-order chi connectivity index (χ0) is 14.6. The van der Waals surface area contributed by atoms with Crippen LogP contribution in [-0.4, -0.2) is 46.2 Å². The number of carbonyl (C=O) groups is 1. The molecule has 0 aliphatic heterocycles. The van der Waals surface area contributed by atoms with E-state index in [4.69, 9.17) is 10.5 Å². The summed E-state index contributed by atoms with van der Waals surface area (Å²) < 4.78 is 6.70. The van der Waals surface area contributed by atoms with Crippen LogP contribution >= 0.6 is 0 Å². The summed E-state index contributed by atoms with van der Waals surface area (Å²) >= 11 is 0. The second-order valence-corrected chi connectivity index (χ2v) is 5.33. The number of imidazole rings is 1. The molecule has 19 heavy (non-hydrogen) atoms. The maximum atomic E-state index is 11.6. The number of aromatic nitrogens is 2. The molecule has 1 aromatic rings. The van der Waals surface area contributed by atoms with E-state index in [-0.39, 0.29) is 12.0 Å². The van der Waals surface area contributed by atoms with E-state index in [2.05, 4.69) is 9.88 Å². The van der Waals surface area contributed by atoms with Gasteiger partial charge in [0.1, 0.15) is 11.4 Å². The Bertz CT molecular complexity index is 428. The Hall–Kier alpha value is -1.40. The van der Waals surface area contributed by atoms with E-state index < -0.39 is 5.54 Å². The number of methoxy groups -OCH3 is 1. The molecule has 1 aromatic heterocycles. The van der Waals surface area contributed by atoms with Crippen LogP contribution < -0.4 is 5.73 Å². The number of rotatable bonds is 6. The van der Waals surface area contributed by atoms with Crippen molar-refractivity contribution in [2.24, 2.45) is 12.8 Å². The fourth-order valence-corrected chi connectivity index (χ4v) is 2.01. The summed E-state index contributed by atoms with van der Waals surface area (Å²) in [5, 5.41) is 0. The summed E-state index contributed by atoms with van der Waals surface area (Å²) in [6.45, 7) is 4.45. The highest BCUT2D eigenvalue weighted by Crippen LogP contribution is 2.16. The van der Waals surface area contributed by atoms with Gasteiger partial charge in [-0.2, -0.15) is 0 Å². The quantitative estimate of drug-likeness (QED) is 0.761. The minimum Gasteiger partial charge on any atom is -0.468 e. The minimum atomic E-state index is -0.968. The molecule has 108 valence electrons. The van der Waals surface area contributed by atoms with Crippen LogP contribution in [0.25, 0.3) is 0 Å². The fraction of sp³-hybridized carbons (Fsp3) is 0.692. The molecule has 0 saturated carbocycles. The summed E-state index contributed by atoms with van der Waals surface area (Å²) in [7, 11) is 5.31. The second kappa shape index (κ2) is 6.16. The highest BCUT2D eigenvalue weighted by molar-refractivity contribution is 5.79. The van der Waals surface area contributed by atoms with E-state index in [1.165, 1.54) is 7.11 Å². The van der Waals surface area contributed by atoms with E-state index in [0.29, 0.717) is 13.0 Å². The highest BCUT2D eigenvalue weighted by Gasteiger charge is 2.32. The third kappa shape index (κ3) is 4.04. The van der Waals surface area contributed by atoms with Gasteiger partial charge in [0.2, 0.25) is 0 Å². The Morgan fingerprint density at radius 2 is 2.32 bits per heavy atom. The molecule has 0 fully saturated rings. The highest BCUT2D eigenvalue weighted by atomic mass is 16.5. The van der Waals surface area contributed by atoms with E-state index in [0.717, 1.165) is 5.82 Å². The normalized spacial score (nSPS) is 16.2. The second-order valence-electron chi connectivity index (χ2n) is 5.33. The first kappa shape index (κ1) is 15.7. The molecule has 6 nitrogen and oxygen atoms in total. The summed E-state index contributed by atoms with van der Waals surface area (Å²) in [5.74, 6) is 0.593. The summed E-state index contributed by atoms with van der Waals surface area (Å²) in [5.41, 5.74) is 5.02. The van der Waals surface area contributed by atoms with Crippen LogP contribution in [0.15, 0.2) is 12.4 Å². The van der Waals surface area contributed by atoms with Crippen LogP contribution in [0.1, 0.15) is 26.1 Å². The standard InChI is InChI=1S/C13H24N4O2/c1-10(8-13(2,14)12(18)19-5)17(4)9-11-15-6-7-16(11)3/h6-7,10H,8-9,14H2,1-5H3. The number of ether oxygens (including phenoxy) is 1. The molecule has 0 spiro atoms. The molecule has 2 N–H and O–H groups in total. The van der Waals surface area contributed by atoms with Crippen molar-refractivity contribution in [1.82, 2.24) is 14.5 Å². The molecule has 0 aromatic carbocycles. The van der Waals surface area contributed by atoms with Gasteiger partial charge in [0, 0.05) is 25.5 Å². The third-order valence-electron chi connectivity index (χ3n) is 3.44. The van der Waals surface area contributed by atoms with Gasteiger partial charge >= 0.3 is 5.97 Å². The molecular formula is C13H24N4O2. The average molecular weight is 268 g/mol. The molecule has 6 heteroatoms. The van der Waals surface area contributed by atoms with Crippen LogP contribution in [0.3, 0.4) is 0 Å². The van der Waals surface area contributed by atoms with Crippen molar-refractivity contribution in [3.8, 4) is 0 Å². The number of hydrogen-bond donors (Lipinski definition) is 1. The molecule has 0 radical (unpaired) electrons. The fourth-order valence-electron chi connectivity index (χ4n) is 2.01. The Morgan fingerprint density at radius 3 is 2.79 bits per heavy atom. The Kier molecular flexibility index (Phi) is 5.08. The van der Waals surface area contributed by atoms with Gasteiger partial charge in [0.15, 0.2) is 0 Å². The first-order valence-corrected chi connectivity index (χ1v) is 6.31. The lowest BCUT2D eigenvalue weighted by atomic mass is 9.94. The van der Waals surface area contributed by atoms with Crippen molar-refractivity contribution in [3.05, 3.63) is 18.2 Å². The van der Waals surface area contributed by atoms with Gasteiger partial charge in [-0.05, 0) is 27.3 Å². The number of aryl methyl sites for hydroxylation is 1. The van der Waals surface area contributed by atoms with Crippen molar-refractivity contribution in [1.29, 1.82) is 0 Å². The molecule has 0 saturated heterocycles. The average Bonchev–Trinajstić information content (AvgIpc) is 2.73. The van der Waals surface area contributed by atoms with Gasteiger partial charge in [-0.1, -0.05) is 0 Å². The van der Waals surface area contributed by atoms with Gasteiger partial charge in [0.25, 0.3) is 0 Å². The maximum Gasteiger partial charge on any atom is 0.325 e. The molecule has 0 bridgehead atoms. The SMILES string of the molecule is COC(=O)C(C)(N)CC(C)N(C)Cc1nccn1C. The molecular weight excluding hydrogens is 244 g/mol. The van der Waals surface area contributed by atoms with E-state index in [9.17, 15) is 4.79 Å².